The van der Waals surface area contributed by atoms with Gasteiger partial charge in [-0.1, -0.05) is 22.0 Å². The molecule has 0 aliphatic rings. The molecular formula is C17H18BrN3O2S. The fourth-order valence-electron chi connectivity index (χ4n) is 2.37. The highest BCUT2D eigenvalue weighted by Crippen LogP contribution is 2.29. The normalized spacial score (nSPS) is 12.5. The van der Waals surface area contributed by atoms with E-state index in [-0.39, 0.29) is 6.04 Å². The fraction of sp³-hybridized carbons (Fsp3) is 0.294. The van der Waals surface area contributed by atoms with Crippen LogP contribution in [0.1, 0.15) is 24.4 Å². The van der Waals surface area contributed by atoms with Crippen LogP contribution in [0, 0.1) is 0 Å². The number of nitrogens with zero attached hydrogens (tertiary/aromatic N) is 3. The summed E-state index contributed by atoms with van der Waals surface area (Å²) < 4.78 is 12.3. The van der Waals surface area contributed by atoms with E-state index in [0.29, 0.717) is 18.3 Å². The van der Waals surface area contributed by atoms with Crippen LogP contribution < -0.4 is 4.74 Å². The first-order valence-electron chi connectivity index (χ1n) is 7.48. The molecule has 24 heavy (non-hydrogen) atoms. The van der Waals surface area contributed by atoms with Gasteiger partial charge < -0.3 is 9.15 Å². The number of thiophene rings is 1. The quantitative estimate of drug-likeness (QED) is 0.589. The molecule has 0 aliphatic carbocycles. The number of rotatable bonds is 6. The van der Waals surface area contributed by atoms with Crippen LogP contribution in [0.3, 0.4) is 0 Å². The molecule has 3 rings (SSSR count). The van der Waals surface area contributed by atoms with Gasteiger partial charge in [-0.3, -0.25) is 4.90 Å². The molecule has 0 unspecified atom stereocenters. The van der Waals surface area contributed by atoms with Gasteiger partial charge in [-0.15, -0.1) is 21.5 Å². The molecule has 0 amide bonds. The SMILES string of the molecule is COc1ccc(Br)cc1CN(C)[C@@H](C)c1nnc(-c2cccs2)o1. The number of hydrogen-bond donors (Lipinski definition) is 0. The van der Waals surface area contributed by atoms with Gasteiger partial charge in [0.2, 0.25) is 5.89 Å². The number of halogens is 1. The Morgan fingerprint density at radius 1 is 1.33 bits per heavy atom. The van der Waals surface area contributed by atoms with Crippen molar-refractivity contribution in [2.75, 3.05) is 14.2 Å². The first-order valence-corrected chi connectivity index (χ1v) is 9.15. The van der Waals surface area contributed by atoms with Gasteiger partial charge in [-0.2, -0.15) is 0 Å². The third kappa shape index (κ3) is 3.68. The van der Waals surface area contributed by atoms with E-state index in [1.165, 1.54) is 0 Å². The number of hydrogen-bond acceptors (Lipinski definition) is 6. The second-order valence-corrected chi connectivity index (χ2v) is 7.33. The van der Waals surface area contributed by atoms with Gasteiger partial charge in [-0.05, 0) is 43.6 Å². The van der Waals surface area contributed by atoms with Crippen LogP contribution in [-0.4, -0.2) is 29.3 Å². The predicted molar refractivity (Wildman–Crippen MR) is 98.2 cm³/mol. The summed E-state index contributed by atoms with van der Waals surface area (Å²) in [5.74, 6) is 2.04. The lowest BCUT2D eigenvalue weighted by atomic mass is 10.1. The van der Waals surface area contributed by atoms with Crippen LogP contribution in [0.25, 0.3) is 10.8 Å². The third-order valence-corrected chi connectivity index (χ3v) is 5.20. The summed E-state index contributed by atoms with van der Waals surface area (Å²) in [5.41, 5.74) is 1.10. The standard InChI is InChI=1S/C17H18BrN3O2S/c1-11(16-19-20-17(23-16)15-5-4-8-24-15)21(2)10-12-9-13(18)6-7-14(12)22-3/h4-9,11H,10H2,1-3H3/t11-/m0/s1. The Kier molecular flexibility index (Phi) is 5.33. The first-order chi connectivity index (χ1) is 11.6. The van der Waals surface area contributed by atoms with Crippen molar-refractivity contribution in [1.29, 1.82) is 0 Å². The molecule has 0 radical (unpaired) electrons. The smallest absolute Gasteiger partial charge is 0.257 e. The second-order valence-electron chi connectivity index (χ2n) is 5.47. The molecule has 0 saturated carbocycles. The highest BCUT2D eigenvalue weighted by atomic mass is 79.9. The van der Waals surface area contributed by atoms with Crippen LogP contribution in [-0.2, 0) is 6.54 Å². The Morgan fingerprint density at radius 3 is 2.88 bits per heavy atom. The van der Waals surface area contributed by atoms with Gasteiger partial charge in [0.25, 0.3) is 5.89 Å². The number of aromatic nitrogens is 2. The summed E-state index contributed by atoms with van der Waals surface area (Å²) in [6, 6.07) is 9.93. The first kappa shape index (κ1) is 17.1. The summed E-state index contributed by atoms with van der Waals surface area (Å²) in [5, 5.41) is 10.3. The van der Waals surface area contributed by atoms with Gasteiger partial charge in [0.15, 0.2) is 0 Å². The summed E-state index contributed by atoms with van der Waals surface area (Å²) >= 11 is 5.10. The highest BCUT2D eigenvalue weighted by Gasteiger charge is 2.20. The molecule has 0 saturated heterocycles. The van der Waals surface area contributed by atoms with Gasteiger partial charge >= 0.3 is 0 Å². The maximum atomic E-state index is 5.83. The maximum Gasteiger partial charge on any atom is 0.257 e. The topological polar surface area (TPSA) is 51.4 Å². The lowest BCUT2D eigenvalue weighted by molar-refractivity contribution is 0.215. The summed E-state index contributed by atoms with van der Waals surface area (Å²) in [6.07, 6.45) is 0. The predicted octanol–water partition coefficient (Wildman–Crippen LogP) is 4.76. The Hall–Kier alpha value is -1.70. The molecule has 3 aromatic rings. The van der Waals surface area contributed by atoms with E-state index in [0.717, 1.165) is 20.7 Å². The van der Waals surface area contributed by atoms with Crippen molar-refractivity contribution in [1.82, 2.24) is 15.1 Å². The molecule has 0 bridgehead atoms. The Labute approximate surface area is 153 Å². The highest BCUT2D eigenvalue weighted by molar-refractivity contribution is 9.10. The summed E-state index contributed by atoms with van der Waals surface area (Å²) in [7, 11) is 3.71. The van der Waals surface area contributed by atoms with Crippen molar-refractivity contribution in [3.63, 3.8) is 0 Å². The molecular weight excluding hydrogens is 390 g/mol. The van der Waals surface area contributed by atoms with Crippen molar-refractivity contribution in [2.45, 2.75) is 19.5 Å². The van der Waals surface area contributed by atoms with Gasteiger partial charge in [-0.25, -0.2) is 0 Å². The zero-order valence-corrected chi connectivity index (χ0v) is 16.1. The minimum atomic E-state index is -0.00472. The van der Waals surface area contributed by atoms with Crippen molar-refractivity contribution >= 4 is 27.3 Å². The van der Waals surface area contributed by atoms with E-state index < -0.39 is 0 Å². The number of methoxy groups -OCH3 is 1. The van der Waals surface area contributed by atoms with Gasteiger partial charge in [0, 0.05) is 16.6 Å². The van der Waals surface area contributed by atoms with E-state index in [2.05, 4.69) is 44.0 Å². The zero-order valence-electron chi connectivity index (χ0n) is 13.7. The molecule has 5 nitrogen and oxygen atoms in total. The summed E-state index contributed by atoms with van der Waals surface area (Å²) in [4.78, 5) is 3.13. The minimum Gasteiger partial charge on any atom is -0.496 e. The molecule has 0 fully saturated rings. The second kappa shape index (κ2) is 7.46. The lowest BCUT2D eigenvalue weighted by Gasteiger charge is -2.22. The molecule has 126 valence electrons. The number of benzene rings is 1. The van der Waals surface area contributed by atoms with Gasteiger partial charge in [0.1, 0.15) is 5.75 Å². The minimum absolute atomic E-state index is 0.00472. The Bertz CT molecular complexity index is 804. The number of ether oxygens (including phenoxy) is 1. The largest absolute Gasteiger partial charge is 0.496 e. The van der Waals surface area contributed by atoms with Crippen molar-refractivity contribution < 1.29 is 9.15 Å². The van der Waals surface area contributed by atoms with E-state index in [1.807, 2.05) is 36.7 Å². The molecule has 0 aliphatic heterocycles. The average Bonchev–Trinajstić information content (AvgIpc) is 3.25. The maximum absolute atomic E-state index is 5.83. The molecule has 1 atom stereocenters. The van der Waals surface area contributed by atoms with E-state index in [9.17, 15) is 0 Å². The lowest BCUT2D eigenvalue weighted by Crippen LogP contribution is -2.22. The van der Waals surface area contributed by atoms with E-state index in [4.69, 9.17) is 9.15 Å². The molecule has 7 heteroatoms. The van der Waals surface area contributed by atoms with Crippen LogP contribution in [0.2, 0.25) is 0 Å². The third-order valence-electron chi connectivity index (χ3n) is 3.85. The van der Waals surface area contributed by atoms with Crippen molar-refractivity contribution in [2.24, 2.45) is 0 Å². The average molecular weight is 408 g/mol. The van der Waals surface area contributed by atoms with Crippen LogP contribution >= 0.6 is 27.3 Å². The van der Waals surface area contributed by atoms with Gasteiger partial charge in [0.05, 0.1) is 18.0 Å². The fourth-order valence-corrected chi connectivity index (χ4v) is 3.42. The summed E-state index contributed by atoms with van der Waals surface area (Å²) in [6.45, 7) is 2.76. The molecule has 2 aromatic heterocycles. The van der Waals surface area contributed by atoms with Crippen LogP contribution in [0.5, 0.6) is 5.75 Å². The van der Waals surface area contributed by atoms with E-state index >= 15 is 0 Å². The van der Waals surface area contributed by atoms with Crippen LogP contribution in [0.15, 0.2) is 44.6 Å². The Morgan fingerprint density at radius 2 is 2.17 bits per heavy atom. The molecule has 2 heterocycles. The molecule has 0 N–H and O–H groups in total. The van der Waals surface area contributed by atoms with E-state index in [1.54, 1.807) is 18.4 Å². The Balaban J connectivity index is 1.75. The van der Waals surface area contributed by atoms with Crippen molar-refractivity contribution in [3.05, 3.63) is 51.6 Å². The monoisotopic (exact) mass is 407 g/mol. The molecule has 0 spiro atoms. The van der Waals surface area contributed by atoms with Crippen molar-refractivity contribution in [3.8, 4) is 16.5 Å². The van der Waals surface area contributed by atoms with Crippen LogP contribution in [0.4, 0.5) is 0 Å². The molecule has 1 aromatic carbocycles. The zero-order chi connectivity index (χ0) is 17.1.